The molecule has 1 N–H and O–H groups in total. The lowest BCUT2D eigenvalue weighted by molar-refractivity contribution is -0.147. The molecule has 0 amide bonds. The Morgan fingerprint density at radius 3 is 2.23 bits per heavy atom. The summed E-state index contributed by atoms with van der Waals surface area (Å²) in [7, 11) is 1.75. The molecule has 0 aliphatic heterocycles. The average Bonchev–Trinajstić information content (AvgIpc) is 2.14. The van der Waals surface area contributed by atoms with E-state index >= 15 is 0 Å². The Morgan fingerprint density at radius 1 is 1.31 bits per heavy atom. The number of carbonyl (C=O) groups excluding carboxylic acids is 2. The van der Waals surface area contributed by atoms with E-state index in [1.807, 2.05) is 13.8 Å². The van der Waals surface area contributed by atoms with E-state index in [1.165, 1.54) is 6.92 Å². The molecular weight excluding hydrogens is 170 g/mol. The second-order valence-corrected chi connectivity index (χ2v) is 2.22. The maximum atomic E-state index is 10.7. The van der Waals surface area contributed by atoms with Crippen LogP contribution in [0.2, 0.25) is 0 Å². The summed E-state index contributed by atoms with van der Waals surface area (Å²) in [5.74, 6) is -0.475. The third kappa shape index (κ3) is 14.0. The van der Waals surface area contributed by atoms with E-state index in [-0.39, 0.29) is 18.4 Å². The third-order valence-electron chi connectivity index (χ3n) is 1.02. The largest absolute Gasteiger partial charge is 0.458 e. The number of hydrogen-bond acceptors (Lipinski definition) is 4. The summed E-state index contributed by atoms with van der Waals surface area (Å²) < 4.78 is 4.58. The zero-order valence-electron chi connectivity index (χ0n) is 8.85. The van der Waals surface area contributed by atoms with Gasteiger partial charge in [0.15, 0.2) is 5.78 Å². The minimum atomic E-state index is -0.338. The number of rotatable bonds is 5. The highest BCUT2D eigenvalue weighted by Crippen LogP contribution is 1.84. The Labute approximate surface area is 79.7 Å². The van der Waals surface area contributed by atoms with Crippen LogP contribution in [0.3, 0.4) is 0 Å². The number of ether oxygens (including phenoxy) is 1. The molecule has 0 saturated heterocycles. The van der Waals surface area contributed by atoms with Crippen molar-refractivity contribution in [3.8, 4) is 0 Å². The minimum Gasteiger partial charge on any atom is -0.458 e. The van der Waals surface area contributed by atoms with Crippen LogP contribution in [0.1, 0.15) is 27.2 Å². The SMILES string of the molecule is CC.CNCCC(=O)OCC(C)=O. The van der Waals surface area contributed by atoms with Crippen LogP contribution in [0.4, 0.5) is 0 Å². The molecule has 0 fully saturated rings. The van der Waals surface area contributed by atoms with Crippen molar-refractivity contribution in [1.29, 1.82) is 0 Å². The van der Waals surface area contributed by atoms with Crippen molar-refractivity contribution in [2.75, 3.05) is 20.2 Å². The van der Waals surface area contributed by atoms with Gasteiger partial charge in [0.05, 0.1) is 6.42 Å². The molecule has 0 atom stereocenters. The minimum absolute atomic E-state index is 0.109. The number of esters is 1. The number of hydrogen-bond donors (Lipinski definition) is 1. The molecule has 0 aromatic rings. The average molecular weight is 189 g/mol. The highest BCUT2D eigenvalue weighted by Gasteiger charge is 2.02. The fourth-order valence-corrected chi connectivity index (χ4v) is 0.481. The molecule has 4 nitrogen and oxygen atoms in total. The van der Waals surface area contributed by atoms with Gasteiger partial charge in [-0.15, -0.1) is 0 Å². The van der Waals surface area contributed by atoms with Crippen molar-refractivity contribution in [2.45, 2.75) is 27.2 Å². The Balaban J connectivity index is 0. The van der Waals surface area contributed by atoms with E-state index in [4.69, 9.17) is 0 Å². The predicted molar refractivity (Wildman–Crippen MR) is 51.5 cm³/mol. The van der Waals surface area contributed by atoms with E-state index in [2.05, 4.69) is 10.1 Å². The summed E-state index contributed by atoms with van der Waals surface area (Å²) in [4.78, 5) is 21.0. The zero-order chi connectivity index (χ0) is 10.7. The van der Waals surface area contributed by atoms with Crippen LogP contribution in [0, 0.1) is 0 Å². The zero-order valence-corrected chi connectivity index (χ0v) is 8.85. The molecular formula is C9H19NO3. The van der Waals surface area contributed by atoms with E-state index in [1.54, 1.807) is 7.05 Å². The van der Waals surface area contributed by atoms with Crippen LogP contribution in [0.15, 0.2) is 0 Å². The van der Waals surface area contributed by atoms with Crippen molar-refractivity contribution >= 4 is 11.8 Å². The molecule has 0 aliphatic carbocycles. The lowest BCUT2D eigenvalue weighted by atomic mass is 10.4. The molecule has 0 saturated carbocycles. The Kier molecular flexibility index (Phi) is 12.5. The van der Waals surface area contributed by atoms with E-state index < -0.39 is 0 Å². The second kappa shape index (κ2) is 11.1. The number of carbonyl (C=O) groups is 2. The summed E-state index contributed by atoms with van der Waals surface area (Å²) in [6, 6.07) is 0. The van der Waals surface area contributed by atoms with Crippen LogP contribution in [-0.2, 0) is 14.3 Å². The lowest BCUT2D eigenvalue weighted by Crippen LogP contribution is -2.17. The van der Waals surface area contributed by atoms with Crippen molar-refractivity contribution in [3.63, 3.8) is 0 Å². The summed E-state index contributed by atoms with van der Waals surface area (Å²) in [6.07, 6.45) is 0.309. The van der Waals surface area contributed by atoms with Gasteiger partial charge in [0.25, 0.3) is 0 Å². The predicted octanol–water partition coefficient (Wildman–Crippen LogP) is 0.754. The van der Waals surface area contributed by atoms with Gasteiger partial charge in [0, 0.05) is 6.54 Å². The van der Waals surface area contributed by atoms with E-state index in [9.17, 15) is 9.59 Å². The smallest absolute Gasteiger partial charge is 0.307 e. The first-order valence-corrected chi connectivity index (χ1v) is 4.46. The van der Waals surface area contributed by atoms with Crippen LogP contribution >= 0.6 is 0 Å². The van der Waals surface area contributed by atoms with Gasteiger partial charge in [0.1, 0.15) is 6.61 Å². The summed E-state index contributed by atoms with van der Waals surface area (Å²) in [5, 5.41) is 2.80. The van der Waals surface area contributed by atoms with Crippen molar-refractivity contribution < 1.29 is 14.3 Å². The number of ketones is 1. The standard InChI is InChI=1S/C7H13NO3.C2H6/c1-6(9)5-11-7(10)3-4-8-2;1-2/h8H,3-5H2,1-2H3;1-2H3. The molecule has 13 heavy (non-hydrogen) atoms. The van der Waals surface area contributed by atoms with Gasteiger partial charge in [-0.25, -0.2) is 0 Å². The van der Waals surface area contributed by atoms with Gasteiger partial charge in [-0.3, -0.25) is 9.59 Å². The van der Waals surface area contributed by atoms with Gasteiger partial charge < -0.3 is 10.1 Å². The molecule has 0 aromatic heterocycles. The van der Waals surface area contributed by atoms with Gasteiger partial charge in [-0.1, -0.05) is 13.8 Å². The van der Waals surface area contributed by atoms with Crippen molar-refractivity contribution in [3.05, 3.63) is 0 Å². The van der Waals surface area contributed by atoms with Crippen LogP contribution in [-0.4, -0.2) is 32.0 Å². The third-order valence-corrected chi connectivity index (χ3v) is 1.02. The molecule has 0 aromatic carbocycles. The molecule has 0 radical (unpaired) electrons. The molecule has 0 bridgehead atoms. The van der Waals surface area contributed by atoms with E-state index in [0.29, 0.717) is 13.0 Å². The second-order valence-electron chi connectivity index (χ2n) is 2.22. The van der Waals surface area contributed by atoms with Crippen LogP contribution < -0.4 is 5.32 Å². The topological polar surface area (TPSA) is 55.4 Å². The van der Waals surface area contributed by atoms with Crippen molar-refractivity contribution in [2.24, 2.45) is 0 Å². The summed E-state index contributed by atoms with van der Waals surface area (Å²) in [5.41, 5.74) is 0. The summed E-state index contributed by atoms with van der Waals surface area (Å²) in [6.45, 7) is 5.85. The summed E-state index contributed by atoms with van der Waals surface area (Å²) >= 11 is 0. The molecule has 0 heterocycles. The maximum Gasteiger partial charge on any atom is 0.307 e. The first-order chi connectivity index (χ1) is 6.16. The first-order valence-electron chi connectivity index (χ1n) is 4.46. The van der Waals surface area contributed by atoms with Gasteiger partial charge in [0.2, 0.25) is 0 Å². The lowest BCUT2D eigenvalue weighted by Gasteiger charge is -2.00. The molecule has 4 heteroatoms. The first kappa shape index (κ1) is 14.6. The fraction of sp³-hybridized carbons (Fsp3) is 0.778. The van der Waals surface area contributed by atoms with Gasteiger partial charge in [-0.05, 0) is 14.0 Å². The maximum absolute atomic E-state index is 10.7. The normalized spacial score (nSPS) is 8.31. The molecule has 0 rings (SSSR count). The monoisotopic (exact) mass is 189 g/mol. The molecule has 0 spiro atoms. The highest BCUT2D eigenvalue weighted by molar-refractivity contribution is 5.80. The Morgan fingerprint density at radius 2 is 1.85 bits per heavy atom. The van der Waals surface area contributed by atoms with Crippen LogP contribution in [0.5, 0.6) is 0 Å². The highest BCUT2D eigenvalue weighted by atomic mass is 16.5. The fourth-order valence-electron chi connectivity index (χ4n) is 0.481. The number of Topliss-reactive ketones (excluding diaryl/α,β-unsaturated/α-hetero) is 1. The Bertz CT molecular complexity index is 146. The Hall–Kier alpha value is -0.900. The van der Waals surface area contributed by atoms with Crippen LogP contribution in [0.25, 0.3) is 0 Å². The molecule has 0 aliphatic rings. The van der Waals surface area contributed by atoms with Gasteiger partial charge >= 0.3 is 5.97 Å². The number of nitrogens with one attached hydrogen (secondary N) is 1. The quantitative estimate of drug-likeness (QED) is 0.648. The van der Waals surface area contributed by atoms with Gasteiger partial charge in [-0.2, -0.15) is 0 Å². The van der Waals surface area contributed by atoms with E-state index in [0.717, 1.165) is 0 Å². The molecule has 78 valence electrons. The van der Waals surface area contributed by atoms with Crippen molar-refractivity contribution in [1.82, 2.24) is 5.32 Å². The molecule has 0 unspecified atom stereocenters.